The average Bonchev–Trinajstić information content (AvgIpc) is 2.60. The average molecular weight is 485 g/mol. The van der Waals surface area contributed by atoms with E-state index < -0.39 is 0 Å². The van der Waals surface area contributed by atoms with E-state index in [1.54, 1.807) is 12.4 Å². The number of benzene rings is 2. The van der Waals surface area contributed by atoms with Gasteiger partial charge in [0, 0.05) is 0 Å². The van der Waals surface area contributed by atoms with Crippen LogP contribution in [0, 0.1) is 20.8 Å². The quantitative estimate of drug-likeness (QED) is 0.355. The Kier molecular flexibility index (Phi) is 14.7. The number of pyridine rings is 1. The number of aryl methyl sites for hydroxylation is 3. The molecule has 3 nitrogen and oxygen atoms in total. The topological polar surface area (TPSA) is 37.6 Å². The van der Waals surface area contributed by atoms with E-state index in [4.69, 9.17) is 0 Å². The van der Waals surface area contributed by atoms with Gasteiger partial charge in [0.1, 0.15) is 0 Å². The molecule has 0 atom stereocenters. The van der Waals surface area contributed by atoms with E-state index in [2.05, 4.69) is 53.1 Å². The van der Waals surface area contributed by atoms with E-state index in [0.717, 1.165) is 28.3 Å². The fourth-order valence-electron chi connectivity index (χ4n) is 2.40. The fourth-order valence-corrected chi connectivity index (χ4v) is 2.40. The summed E-state index contributed by atoms with van der Waals surface area (Å²) >= 11 is 0. The van der Waals surface area contributed by atoms with E-state index in [1.165, 1.54) is 11.1 Å². The molecule has 3 rings (SSSR count). The molecule has 150 valence electrons. The molecule has 0 saturated heterocycles. The molecule has 7 heteroatoms. The van der Waals surface area contributed by atoms with Crippen molar-refractivity contribution in [1.82, 2.24) is 4.98 Å². The number of hydrogen-bond acceptors (Lipinski definition) is 3. The number of nitrogens with zero attached hydrogens (tertiary/aromatic N) is 3. The molecule has 0 saturated carbocycles. The number of halogens is 3. The Hall–Kier alpha value is -1.62. The van der Waals surface area contributed by atoms with Gasteiger partial charge in [0.05, 0.1) is 35.2 Å². The standard InChI is InChI=1S/C22H21N3.3ClH.V/c1-16-4-8-19(9-5-16)23-14-21-12-18(3)13-22(25-21)15-24-20-10-6-17(2)7-11-20;;;;/h4-15H,1-3H3;3*1H;/q;;;;+3/p-3. The molecule has 29 heavy (non-hydrogen) atoms. The maximum absolute atomic E-state index is 4.60. The van der Waals surface area contributed by atoms with Gasteiger partial charge in [-0.15, -0.1) is 0 Å². The molecule has 0 radical (unpaired) electrons. The Balaban J connectivity index is 0. The van der Waals surface area contributed by atoms with Crippen molar-refractivity contribution >= 4 is 23.8 Å². The number of aromatic nitrogens is 1. The molecular formula is C22H21Cl3N3V. The molecule has 0 spiro atoms. The van der Waals surface area contributed by atoms with E-state index >= 15 is 0 Å². The zero-order valence-electron chi connectivity index (χ0n) is 16.4. The summed E-state index contributed by atoms with van der Waals surface area (Å²) in [4.78, 5) is 13.6. The predicted octanol–water partition coefficient (Wildman–Crippen LogP) is -3.48. The molecule has 0 N–H and O–H groups in total. The maximum Gasteiger partial charge on any atom is 3.00 e. The summed E-state index contributed by atoms with van der Waals surface area (Å²) in [6, 6.07) is 20.2. The van der Waals surface area contributed by atoms with Gasteiger partial charge in [0.2, 0.25) is 0 Å². The van der Waals surface area contributed by atoms with Crippen molar-refractivity contribution in [3.63, 3.8) is 0 Å². The van der Waals surface area contributed by atoms with Gasteiger partial charge in [-0.25, -0.2) is 4.98 Å². The molecule has 3 aromatic rings. The van der Waals surface area contributed by atoms with Gasteiger partial charge in [0.25, 0.3) is 0 Å². The second-order valence-corrected chi connectivity index (χ2v) is 6.18. The smallest absolute Gasteiger partial charge is 1.00 e. The van der Waals surface area contributed by atoms with Gasteiger partial charge < -0.3 is 37.2 Å². The Labute approximate surface area is 203 Å². The van der Waals surface area contributed by atoms with Crippen LogP contribution in [0.2, 0.25) is 0 Å². The van der Waals surface area contributed by atoms with Crippen LogP contribution in [0.3, 0.4) is 0 Å². The number of rotatable bonds is 4. The Morgan fingerprint density at radius 3 is 1.28 bits per heavy atom. The van der Waals surface area contributed by atoms with E-state index in [-0.39, 0.29) is 55.8 Å². The second-order valence-electron chi connectivity index (χ2n) is 6.18. The summed E-state index contributed by atoms with van der Waals surface area (Å²) in [7, 11) is 0. The van der Waals surface area contributed by atoms with Gasteiger partial charge in [-0.1, -0.05) is 35.4 Å². The van der Waals surface area contributed by atoms with E-state index in [0.29, 0.717) is 0 Å². The third kappa shape index (κ3) is 9.62. The first-order valence-electron chi connectivity index (χ1n) is 8.29. The van der Waals surface area contributed by atoms with Crippen LogP contribution in [-0.2, 0) is 18.6 Å². The summed E-state index contributed by atoms with van der Waals surface area (Å²) in [5, 5.41) is 0. The van der Waals surface area contributed by atoms with Crippen molar-refractivity contribution in [2.75, 3.05) is 0 Å². The maximum atomic E-state index is 4.60. The fraction of sp³-hybridized carbons (Fsp3) is 0.136. The van der Waals surface area contributed by atoms with Crippen LogP contribution in [0.1, 0.15) is 28.1 Å². The number of hydrogen-bond donors (Lipinski definition) is 0. The third-order valence-electron chi connectivity index (χ3n) is 3.77. The minimum absolute atomic E-state index is 0. The second kappa shape index (κ2) is 14.4. The molecule has 0 bridgehead atoms. The third-order valence-corrected chi connectivity index (χ3v) is 3.77. The minimum atomic E-state index is 0. The first-order valence-corrected chi connectivity index (χ1v) is 8.29. The molecule has 0 aliphatic heterocycles. The minimum Gasteiger partial charge on any atom is -1.00 e. The largest absolute Gasteiger partial charge is 3.00 e. The van der Waals surface area contributed by atoms with Crippen molar-refractivity contribution in [2.45, 2.75) is 20.8 Å². The van der Waals surface area contributed by atoms with Crippen LogP contribution < -0.4 is 37.2 Å². The Morgan fingerprint density at radius 1 is 0.586 bits per heavy atom. The van der Waals surface area contributed by atoms with E-state index in [9.17, 15) is 0 Å². The number of aliphatic imine (C=N–C) groups is 2. The zero-order valence-corrected chi connectivity index (χ0v) is 20.0. The first kappa shape index (κ1) is 29.6. The van der Waals surface area contributed by atoms with Crippen LogP contribution in [0.15, 0.2) is 70.6 Å². The molecule has 1 aromatic heterocycles. The van der Waals surface area contributed by atoms with Gasteiger partial charge in [0.15, 0.2) is 0 Å². The van der Waals surface area contributed by atoms with Gasteiger partial charge in [-0.2, -0.15) is 0 Å². The Bertz CT molecular complexity index is 851. The van der Waals surface area contributed by atoms with Crippen molar-refractivity contribution in [3.05, 3.63) is 88.7 Å². The predicted molar refractivity (Wildman–Crippen MR) is 106 cm³/mol. The van der Waals surface area contributed by atoms with Gasteiger partial charge in [-0.3, -0.25) is 9.98 Å². The Morgan fingerprint density at radius 2 is 0.931 bits per heavy atom. The van der Waals surface area contributed by atoms with Crippen LogP contribution in [0.25, 0.3) is 0 Å². The molecular weight excluding hydrogens is 464 g/mol. The van der Waals surface area contributed by atoms with Crippen LogP contribution >= 0.6 is 0 Å². The van der Waals surface area contributed by atoms with Gasteiger partial charge in [-0.05, 0) is 62.7 Å². The molecule has 0 aliphatic rings. The molecule has 0 fully saturated rings. The summed E-state index contributed by atoms with van der Waals surface area (Å²) in [6.07, 6.45) is 3.59. The van der Waals surface area contributed by atoms with Crippen molar-refractivity contribution in [3.8, 4) is 0 Å². The molecule has 1 heterocycles. The van der Waals surface area contributed by atoms with Crippen LogP contribution in [-0.4, -0.2) is 17.4 Å². The summed E-state index contributed by atoms with van der Waals surface area (Å²) < 4.78 is 0. The normalized spacial score (nSPS) is 9.90. The van der Waals surface area contributed by atoms with Crippen LogP contribution in [0.5, 0.6) is 0 Å². The summed E-state index contributed by atoms with van der Waals surface area (Å²) in [6.45, 7) is 6.18. The van der Waals surface area contributed by atoms with Crippen LogP contribution in [0.4, 0.5) is 11.4 Å². The summed E-state index contributed by atoms with van der Waals surface area (Å²) in [5.41, 5.74) is 7.07. The monoisotopic (exact) mass is 483 g/mol. The molecule has 0 amide bonds. The van der Waals surface area contributed by atoms with Gasteiger partial charge >= 0.3 is 18.6 Å². The first-order chi connectivity index (χ1) is 12.1. The van der Waals surface area contributed by atoms with E-state index in [1.807, 2.05) is 43.3 Å². The SMILES string of the molecule is Cc1ccc(N=Cc2cc(C)cc(C=Nc3ccc(C)cc3)n2)cc1.[Cl-].[Cl-].[Cl-].[V+3]. The molecule has 0 aliphatic carbocycles. The molecule has 0 unspecified atom stereocenters. The zero-order chi connectivity index (χ0) is 17.6. The van der Waals surface area contributed by atoms with Crippen molar-refractivity contribution in [2.24, 2.45) is 9.98 Å². The molecule has 2 aromatic carbocycles. The van der Waals surface area contributed by atoms with Crippen molar-refractivity contribution in [1.29, 1.82) is 0 Å². The van der Waals surface area contributed by atoms with Crippen molar-refractivity contribution < 1.29 is 55.8 Å². The summed E-state index contributed by atoms with van der Waals surface area (Å²) in [5.74, 6) is 0.